The maximum Gasteiger partial charge on any atom is 0.240 e. The highest BCUT2D eigenvalue weighted by molar-refractivity contribution is 7.90. The Morgan fingerprint density at radius 3 is 2.20 bits per heavy atom. The van der Waals surface area contributed by atoms with Crippen LogP contribution in [0.3, 0.4) is 0 Å². The van der Waals surface area contributed by atoms with Crippen LogP contribution in [-0.4, -0.2) is 42.3 Å². The summed E-state index contributed by atoms with van der Waals surface area (Å²) in [5.41, 5.74) is 0. The molecule has 2 aromatic rings. The van der Waals surface area contributed by atoms with E-state index in [1.807, 2.05) is 6.07 Å². The molecular formula is C16H17NO6S2. The summed E-state index contributed by atoms with van der Waals surface area (Å²) < 4.78 is 61.2. The summed E-state index contributed by atoms with van der Waals surface area (Å²) in [5.74, 6) is 1.19. The third kappa shape index (κ3) is 4.12. The Kier molecular flexibility index (Phi) is 4.72. The highest BCUT2D eigenvalue weighted by Gasteiger charge is 2.23. The molecule has 0 aromatic heterocycles. The van der Waals surface area contributed by atoms with Gasteiger partial charge in [-0.15, -0.1) is 0 Å². The van der Waals surface area contributed by atoms with Crippen LogP contribution in [-0.2, 0) is 19.9 Å². The van der Waals surface area contributed by atoms with Crippen LogP contribution in [0.4, 0.5) is 0 Å². The van der Waals surface area contributed by atoms with Gasteiger partial charge in [-0.3, -0.25) is 0 Å². The molecule has 0 amide bonds. The SMILES string of the molecule is CS(=O)(=O)c1ccc(S(=O)(=O)NC[C@H]2COc3ccccc3O2)cc1. The van der Waals surface area contributed by atoms with Crippen molar-refractivity contribution < 1.29 is 26.3 Å². The molecule has 0 saturated carbocycles. The largest absolute Gasteiger partial charge is 0.486 e. The number of benzene rings is 2. The molecular weight excluding hydrogens is 366 g/mol. The van der Waals surface area contributed by atoms with Crippen LogP contribution in [0.1, 0.15) is 0 Å². The van der Waals surface area contributed by atoms with Crippen molar-refractivity contribution in [1.29, 1.82) is 0 Å². The van der Waals surface area contributed by atoms with Gasteiger partial charge in [-0.2, -0.15) is 0 Å². The molecule has 0 unspecified atom stereocenters. The Morgan fingerprint density at radius 2 is 1.56 bits per heavy atom. The maximum atomic E-state index is 12.3. The van der Waals surface area contributed by atoms with E-state index in [1.165, 1.54) is 24.3 Å². The summed E-state index contributed by atoms with van der Waals surface area (Å²) in [5, 5.41) is 0. The Labute approximate surface area is 146 Å². The summed E-state index contributed by atoms with van der Waals surface area (Å²) in [6, 6.07) is 12.2. The first-order chi connectivity index (χ1) is 11.8. The molecule has 7 nitrogen and oxygen atoms in total. The van der Waals surface area contributed by atoms with E-state index in [-0.39, 0.29) is 22.9 Å². The van der Waals surface area contributed by atoms with Crippen molar-refractivity contribution in [2.45, 2.75) is 15.9 Å². The summed E-state index contributed by atoms with van der Waals surface area (Å²) in [7, 11) is -7.15. The van der Waals surface area contributed by atoms with E-state index in [0.717, 1.165) is 6.26 Å². The van der Waals surface area contributed by atoms with E-state index in [4.69, 9.17) is 9.47 Å². The molecule has 0 spiro atoms. The van der Waals surface area contributed by atoms with E-state index in [1.54, 1.807) is 18.2 Å². The molecule has 134 valence electrons. The van der Waals surface area contributed by atoms with Crippen LogP contribution in [0.15, 0.2) is 58.3 Å². The Hall–Kier alpha value is -2.10. The van der Waals surface area contributed by atoms with Crippen molar-refractivity contribution in [3.05, 3.63) is 48.5 Å². The van der Waals surface area contributed by atoms with Crippen molar-refractivity contribution in [3.8, 4) is 11.5 Å². The van der Waals surface area contributed by atoms with E-state index < -0.39 is 26.0 Å². The molecule has 1 heterocycles. The quantitative estimate of drug-likeness (QED) is 0.833. The topological polar surface area (TPSA) is 98.8 Å². The zero-order valence-corrected chi connectivity index (χ0v) is 15.0. The molecule has 2 aromatic carbocycles. The molecule has 0 radical (unpaired) electrons. The van der Waals surface area contributed by atoms with Crippen molar-refractivity contribution in [2.75, 3.05) is 19.4 Å². The summed E-state index contributed by atoms with van der Waals surface area (Å²) >= 11 is 0. The predicted molar refractivity (Wildman–Crippen MR) is 91.1 cm³/mol. The Morgan fingerprint density at radius 1 is 0.960 bits per heavy atom. The fourth-order valence-corrected chi connectivity index (χ4v) is 4.01. The second kappa shape index (κ2) is 6.66. The van der Waals surface area contributed by atoms with Crippen molar-refractivity contribution in [2.24, 2.45) is 0 Å². The van der Waals surface area contributed by atoms with Gasteiger partial charge in [-0.05, 0) is 36.4 Å². The second-order valence-corrected chi connectivity index (χ2v) is 9.38. The van der Waals surface area contributed by atoms with Gasteiger partial charge in [0.05, 0.1) is 16.3 Å². The first kappa shape index (κ1) is 17.7. The molecule has 0 aliphatic carbocycles. The first-order valence-corrected chi connectivity index (χ1v) is 10.8. The number of rotatable bonds is 5. The monoisotopic (exact) mass is 383 g/mol. The van der Waals surface area contributed by atoms with Crippen LogP contribution < -0.4 is 14.2 Å². The van der Waals surface area contributed by atoms with Gasteiger partial charge >= 0.3 is 0 Å². The molecule has 0 saturated heterocycles. The zero-order chi connectivity index (χ0) is 18.1. The number of sulfonamides is 1. The van der Waals surface area contributed by atoms with Gasteiger partial charge in [0, 0.05) is 6.26 Å². The van der Waals surface area contributed by atoms with Crippen LogP contribution in [0.2, 0.25) is 0 Å². The minimum absolute atomic E-state index is 0.0166. The fraction of sp³-hybridized carbons (Fsp3) is 0.250. The number of ether oxygens (including phenoxy) is 2. The third-order valence-electron chi connectivity index (χ3n) is 3.63. The molecule has 0 fully saturated rings. The minimum atomic E-state index is -3.78. The normalized spacial score (nSPS) is 17.2. The first-order valence-electron chi connectivity index (χ1n) is 7.44. The number of hydrogen-bond acceptors (Lipinski definition) is 6. The number of fused-ring (bicyclic) bond motifs is 1. The molecule has 25 heavy (non-hydrogen) atoms. The molecule has 1 aliphatic heterocycles. The summed E-state index contributed by atoms with van der Waals surface area (Å²) in [4.78, 5) is 0.0455. The van der Waals surface area contributed by atoms with Crippen LogP contribution in [0.5, 0.6) is 11.5 Å². The molecule has 9 heteroatoms. The van der Waals surface area contributed by atoms with Crippen LogP contribution in [0.25, 0.3) is 0 Å². The average molecular weight is 383 g/mol. The van der Waals surface area contributed by atoms with Crippen LogP contribution >= 0.6 is 0 Å². The molecule has 1 aliphatic rings. The molecule has 0 bridgehead atoms. The number of hydrogen-bond donors (Lipinski definition) is 1. The van der Waals surface area contributed by atoms with Gasteiger partial charge in [0.15, 0.2) is 21.3 Å². The van der Waals surface area contributed by atoms with Gasteiger partial charge in [0.2, 0.25) is 10.0 Å². The van der Waals surface area contributed by atoms with Crippen molar-refractivity contribution in [3.63, 3.8) is 0 Å². The second-order valence-electron chi connectivity index (χ2n) is 5.59. The highest BCUT2D eigenvalue weighted by Crippen LogP contribution is 2.30. The van der Waals surface area contributed by atoms with Gasteiger partial charge in [-0.1, -0.05) is 12.1 Å². The lowest BCUT2D eigenvalue weighted by atomic mass is 10.2. The van der Waals surface area contributed by atoms with Gasteiger partial charge in [-0.25, -0.2) is 21.6 Å². The van der Waals surface area contributed by atoms with Crippen molar-refractivity contribution >= 4 is 19.9 Å². The lowest BCUT2D eigenvalue weighted by molar-refractivity contribution is 0.0943. The van der Waals surface area contributed by atoms with E-state index in [0.29, 0.717) is 11.5 Å². The summed E-state index contributed by atoms with van der Waals surface area (Å²) in [6.07, 6.45) is 0.604. The smallest absolute Gasteiger partial charge is 0.240 e. The minimum Gasteiger partial charge on any atom is -0.486 e. The Bertz CT molecular complexity index is 968. The lowest BCUT2D eigenvalue weighted by Gasteiger charge is -2.26. The van der Waals surface area contributed by atoms with E-state index in [2.05, 4.69) is 4.72 Å². The molecule has 3 rings (SSSR count). The van der Waals surface area contributed by atoms with E-state index >= 15 is 0 Å². The van der Waals surface area contributed by atoms with Gasteiger partial charge in [0.1, 0.15) is 12.7 Å². The zero-order valence-electron chi connectivity index (χ0n) is 13.4. The third-order valence-corrected chi connectivity index (χ3v) is 6.20. The lowest BCUT2D eigenvalue weighted by Crippen LogP contribution is -2.40. The predicted octanol–water partition coefficient (Wildman–Crippen LogP) is 1.21. The van der Waals surface area contributed by atoms with Gasteiger partial charge in [0.25, 0.3) is 0 Å². The number of sulfone groups is 1. The maximum absolute atomic E-state index is 12.3. The standard InChI is InChI=1S/C16H17NO6S2/c1-24(18,19)13-6-8-14(9-7-13)25(20,21)17-10-12-11-22-15-4-2-3-5-16(15)23-12/h2-9,12,17H,10-11H2,1H3/t12-/m0/s1. The van der Waals surface area contributed by atoms with Gasteiger partial charge < -0.3 is 9.47 Å². The number of para-hydroxylation sites is 2. The Balaban J connectivity index is 1.66. The van der Waals surface area contributed by atoms with Crippen LogP contribution in [0, 0.1) is 0 Å². The number of nitrogens with one attached hydrogen (secondary N) is 1. The fourth-order valence-electron chi connectivity index (χ4n) is 2.32. The van der Waals surface area contributed by atoms with Crippen molar-refractivity contribution in [1.82, 2.24) is 4.72 Å². The molecule has 1 atom stereocenters. The summed E-state index contributed by atoms with van der Waals surface area (Å²) in [6.45, 7) is 0.261. The van der Waals surface area contributed by atoms with E-state index in [9.17, 15) is 16.8 Å². The molecule has 1 N–H and O–H groups in total. The highest BCUT2D eigenvalue weighted by atomic mass is 32.2. The average Bonchev–Trinajstić information content (AvgIpc) is 2.59.